The predicted molar refractivity (Wildman–Crippen MR) is 81.2 cm³/mol. The van der Waals surface area contributed by atoms with Crippen LogP contribution in [0.5, 0.6) is 0 Å². The minimum absolute atomic E-state index is 0.358. The van der Waals surface area contributed by atoms with Crippen molar-refractivity contribution in [2.24, 2.45) is 11.8 Å². The maximum absolute atomic E-state index is 12.3. The Balaban J connectivity index is 2.05. The molecule has 1 aromatic carbocycles. The van der Waals surface area contributed by atoms with Crippen molar-refractivity contribution in [3.63, 3.8) is 0 Å². The van der Waals surface area contributed by atoms with Gasteiger partial charge in [-0.15, -0.1) is 0 Å². The van der Waals surface area contributed by atoms with Crippen molar-refractivity contribution in [2.45, 2.75) is 32.1 Å². The summed E-state index contributed by atoms with van der Waals surface area (Å²) in [6.07, 6.45) is 1.11. The number of piperidine rings is 1. The smallest absolute Gasteiger partial charge is 0.240 e. The number of benzene rings is 1. The molecule has 0 saturated carbocycles. The van der Waals surface area contributed by atoms with Crippen LogP contribution in [0.1, 0.15) is 24.5 Å². The molecule has 0 bridgehead atoms. The molecular weight excluding hydrogens is 272 g/mol. The highest BCUT2D eigenvalue weighted by atomic mass is 32.2. The van der Waals surface area contributed by atoms with Crippen LogP contribution in [-0.4, -0.2) is 28.1 Å². The lowest BCUT2D eigenvalue weighted by Crippen LogP contribution is -2.42. The SMILES string of the molecule is Cc1ccc(S(=O)(=O)NCC2CNCCC2C)cc1C. The molecule has 112 valence electrons. The quantitative estimate of drug-likeness (QED) is 0.891. The Kier molecular flexibility index (Phi) is 4.83. The Morgan fingerprint density at radius 1 is 1.30 bits per heavy atom. The first-order chi connectivity index (χ1) is 9.40. The van der Waals surface area contributed by atoms with E-state index in [1.54, 1.807) is 12.1 Å². The maximum atomic E-state index is 12.3. The second-order valence-corrected chi connectivity index (χ2v) is 7.60. The molecule has 1 aliphatic heterocycles. The average molecular weight is 296 g/mol. The summed E-state index contributed by atoms with van der Waals surface area (Å²) in [5, 5.41) is 3.32. The Hall–Kier alpha value is -0.910. The standard InChI is InChI=1S/C15H24N2O2S/c1-11-4-5-15(8-13(11)3)20(18,19)17-10-14-9-16-7-6-12(14)2/h4-5,8,12,14,16-17H,6-7,9-10H2,1-3H3. The Morgan fingerprint density at radius 2 is 2.05 bits per heavy atom. The first kappa shape index (κ1) is 15.5. The van der Waals surface area contributed by atoms with Gasteiger partial charge in [0, 0.05) is 6.54 Å². The molecule has 1 aliphatic rings. The fourth-order valence-electron chi connectivity index (χ4n) is 2.51. The fourth-order valence-corrected chi connectivity index (χ4v) is 3.69. The van der Waals surface area contributed by atoms with E-state index in [4.69, 9.17) is 0 Å². The third-order valence-electron chi connectivity index (χ3n) is 4.31. The van der Waals surface area contributed by atoms with Gasteiger partial charge in [0.1, 0.15) is 0 Å². The van der Waals surface area contributed by atoms with Gasteiger partial charge in [0.05, 0.1) is 4.90 Å². The summed E-state index contributed by atoms with van der Waals surface area (Å²) in [5.41, 5.74) is 2.11. The summed E-state index contributed by atoms with van der Waals surface area (Å²) in [6.45, 7) is 8.52. The first-order valence-corrected chi connectivity index (χ1v) is 8.66. The number of sulfonamides is 1. The van der Waals surface area contributed by atoms with Gasteiger partial charge in [-0.05, 0) is 68.5 Å². The van der Waals surface area contributed by atoms with Crippen molar-refractivity contribution in [3.05, 3.63) is 29.3 Å². The summed E-state index contributed by atoms with van der Waals surface area (Å²) in [4.78, 5) is 0.358. The van der Waals surface area contributed by atoms with Crippen molar-refractivity contribution in [1.82, 2.24) is 10.0 Å². The van der Waals surface area contributed by atoms with E-state index >= 15 is 0 Å². The number of nitrogens with one attached hydrogen (secondary N) is 2. The van der Waals surface area contributed by atoms with Crippen LogP contribution in [0.3, 0.4) is 0 Å². The molecule has 0 amide bonds. The van der Waals surface area contributed by atoms with E-state index in [1.165, 1.54) is 0 Å². The number of hydrogen-bond donors (Lipinski definition) is 2. The highest BCUT2D eigenvalue weighted by Gasteiger charge is 2.23. The maximum Gasteiger partial charge on any atom is 0.240 e. The molecular formula is C15H24N2O2S. The van der Waals surface area contributed by atoms with Crippen molar-refractivity contribution < 1.29 is 8.42 Å². The summed E-state index contributed by atoms with van der Waals surface area (Å²) in [7, 11) is -3.40. The molecule has 1 heterocycles. The van der Waals surface area contributed by atoms with Crippen LogP contribution >= 0.6 is 0 Å². The lowest BCUT2D eigenvalue weighted by molar-refractivity contribution is 0.275. The highest BCUT2D eigenvalue weighted by Crippen LogP contribution is 2.19. The number of rotatable bonds is 4. The zero-order valence-corrected chi connectivity index (χ0v) is 13.3. The molecule has 1 saturated heterocycles. The molecule has 0 aromatic heterocycles. The zero-order valence-electron chi connectivity index (χ0n) is 12.4. The van der Waals surface area contributed by atoms with Gasteiger partial charge in [0.2, 0.25) is 10.0 Å². The van der Waals surface area contributed by atoms with Gasteiger partial charge in [-0.25, -0.2) is 13.1 Å². The molecule has 2 N–H and O–H groups in total. The Morgan fingerprint density at radius 3 is 2.70 bits per heavy atom. The van der Waals surface area contributed by atoms with Crippen LogP contribution < -0.4 is 10.0 Å². The molecule has 2 unspecified atom stereocenters. The zero-order chi connectivity index (χ0) is 14.8. The van der Waals surface area contributed by atoms with Crippen molar-refractivity contribution in [3.8, 4) is 0 Å². The van der Waals surface area contributed by atoms with Gasteiger partial charge in [0.25, 0.3) is 0 Å². The van der Waals surface area contributed by atoms with Gasteiger partial charge in [0.15, 0.2) is 0 Å². The molecule has 1 fully saturated rings. The van der Waals surface area contributed by atoms with Gasteiger partial charge in [-0.2, -0.15) is 0 Å². The molecule has 0 radical (unpaired) electrons. The summed E-state index contributed by atoms with van der Waals surface area (Å²) < 4.78 is 27.4. The largest absolute Gasteiger partial charge is 0.316 e. The number of hydrogen-bond acceptors (Lipinski definition) is 3. The lowest BCUT2D eigenvalue weighted by Gasteiger charge is -2.29. The van der Waals surface area contributed by atoms with Crippen molar-refractivity contribution in [2.75, 3.05) is 19.6 Å². The normalized spacial score (nSPS) is 23.8. The molecule has 2 atom stereocenters. The minimum Gasteiger partial charge on any atom is -0.316 e. The van der Waals surface area contributed by atoms with E-state index < -0.39 is 10.0 Å². The van der Waals surface area contributed by atoms with Crippen LogP contribution in [0.2, 0.25) is 0 Å². The first-order valence-electron chi connectivity index (χ1n) is 7.18. The molecule has 4 nitrogen and oxygen atoms in total. The van der Waals surface area contributed by atoms with E-state index in [-0.39, 0.29) is 0 Å². The molecule has 2 rings (SSSR count). The molecule has 1 aromatic rings. The van der Waals surface area contributed by atoms with E-state index in [0.29, 0.717) is 23.3 Å². The van der Waals surface area contributed by atoms with E-state index in [2.05, 4.69) is 17.0 Å². The topological polar surface area (TPSA) is 58.2 Å². The van der Waals surface area contributed by atoms with Gasteiger partial charge >= 0.3 is 0 Å². The highest BCUT2D eigenvalue weighted by molar-refractivity contribution is 7.89. The molecule has 5 heteroatoms. The van der Waals surface area contributed by atoms with E-state index in [9.17, 15) is 8.42 Å². The Labute approximate surface area is 122 Å². The molecule has 0 spiro atoms. The number of aryl methyl sites for hydroxylation is 2. The van der Waals surface area contributed by atoms with E-state index in [1.807, 2.05) is 19.9 Å². The van der Waals surface area contributed by atoms with Crippen LogP contribution in [0, 0.1) is 25.7 Å². The summed E-state index contributed by atoms with van der Waals surface area (Å²) in [6, 6.07) is 5.27. The second-order valence-electron chi connectivity index (χ2n) is 5.83. The predicted octanol–water partition coefficient (Wildman–Crippen LogP) is 1.83. The van der Waals surface area contributed by atoms with Gasteiger partial charge in [-0.1, -0.05) is 13.0 Å². The average Bonchev–Trinajstić information content (AvgIpc) is 2.41. The Bertz CT molecular complexity index is 569. The third kappa shape index (κ3) is 3.59. The molecule has 20 heavy (non-hydrogen) atoms. The van der Waals surface area contributed by atoms with Gasteiger partial charge in [-0.3, -0.25) is 0 Å². The molecule has 0 aliphatic carbocycles. The van der Waals surface area contributed by atoms with Crippen LogP contribution in [-0.2, 0) is 10.0 Å². The monoisotopic (exact) mass is 296 g/mol. The fraction of sp³-hybridized carbons (Fsp3) is 0.600. The summed E-state index contributed by atoms with van der Waals surface area (Å²) in [5.74, 6) is 0.920. The van der Waals surface area contributed by atoms with Gasteiger partial charge < -0.3 is 5.32 Å². The third-order valence-corrected chi connectivity index (χ3v) is 5.73. The van der Waals surface area contributed by atoms with E-state index in [0.717, 1.165) is 30.6 Å². The van der Waals surface area contributed by atoms with Crippen LogP contribution in [0.4, 0.5) is 0 Å². The van der Waals surface area contributed by atoms with Crippen LogP contribution in [0.15, 0.2) is 23.1 Å². The minimum atomic E-state index is -3.40. The van der Waals surface area contributed by atoms with Crippen LogP contribution in [0.25, 0.3) is 0 Å². The second kappa shape index (κ2) is 6.24. The lowest BCUT2D eigenvalue weighted by atomic mass is 9.88. The summed E-state index contributed by atoms with van der Waals surface area (Å²) >= 11 is 0. The van der Waals surface area contributed by atoms with Crippen molar-refractivity contribution in [1.29, 1.82) is 0 Å². The van der Waals surface area contributed by atoms with Crippen molar-refractivity contribution >= 4 is 10.0 Å².